The summed E-state index contributed by atoms with van der Waals surface area (Å²) in [6, 6.07) is 7.02. The van der Waals surface area contributed by atoms with Crippen molar-refractivity contribution in [2.45, 2.75) is 56.6 Å². The lowest BCUT2D eigenvalue weighted by Gasteiger charge is -2.16. The highest BCUT2D eigenvalue weighted by atomic mass is 32.2. The first kappa shape index (κ1) is 15.5. The number of aliphatic hydroxyl groups is 1. The predicted octanol–water partition coefficient (Wildman–Crippen LogP) is 2.08. The molecule has 4 nitrogen and oxygen atoms in total. The second-order valence-corrected chi connectivity index (χ2v) is 7.67. The molecular weight excluding hydrogens is 274 g/mol. The largest absolute Gasteiger partial charge is 0.393 e. The van der Waals surface area contributed by atoms with Crippen LogP contribution < -0.4 is 4.72 Å². The van der Waals surface area contributed by atoms with Crippen molar-refractivity contribution >= 4 is 10.0 Å². The minimum Gasteiger partial charge on any atom is -0.393 e. The number of hydrogen-bond acceptors (Lipinski definition) is 3. The molecule has 0 spiro atoms. The predicted molar refractivity (Wildman–Crippen MR) is 79.0 cm³/mol. The number of sulfonamides is 1. The topological polar surface area (TPSA) is 66.4 Å². The van der Waals surface area contributed by atoms with E-state index in [1.165, 1.54) is 0 Å². The highest BCUT2D eigenvalue weighted by molar-refractivity contribution is 7.89. The maximum atomic E-state index is 12.3. The second-order valence-electron chi connectivity index (χ2n) is 5.99. The molecule has 112 valence electrons. The van der Waals surface area contributed by atoms with Crippen LogP contribution in [0.15, 0.2) is 29.2 Å². The van der Waals surface area contributed by atoms with Gasteiger partial charge in [0.15, 0.2) is 0 Å². The number of aliphatic hydroxyl groups excluding tert-OH is 1. The SMILES string of the molecule is CC(C)CC(O)Cc1ccccc1S(=O)(=O)NC1CC1. The molecule has 2 rings (SSSR count). The van der Waals surface area contributed by atoms with Gasteiger partial charge in [0.25, 0.3) is 0 Å². The van der Waals surface area contributed by atoms with Crippen LogP contribution in [0.1, 0.15) is 38.7 Å². The zero-order chi connectivity index (χ0) is 14.8. The summed E-state index contributed by atoms with van der Waals surface area (Å²) in [4.78, 5) is 0.301. The van der Waals surface area contributed by atoms with Crippen molar-refractivity contribution in [3.05, 3.63) is 29.8 Å². The first-order chi connectivity index (χ1) is 9.38. The van der Waals surface area contributed by atoms with Gasteiger partial charge in [-0.25, -0.2) is 13.1 Å². The molecule has 0 amide bonds. The minimum atomic E-state index is -3.46. The van der Waals surface area contributed by atoms with Crippen molar-refractivity contribution in [3.8, 4) is 0 Å². The Morgan fingerprint density at radius 2 is 1.95 bits per heavy atom. The molecule has 1 saturated carbocycles. The minimum absolute atomic E-state index is 0.0913. The molecule has 1 fully saturated rings. The monoisotopic (exact) mass is 297 g/mol. The molecule has 0 heterocycles. The maximum Gasteiger partial charge on any atom is 0.241 e. The van der Waals surface area contributed by atoms with Crippen molar-refractivity contribution in [2.75, 3.05) is 0 Å². The highest BCUT2D eigenvalue weighted by Gasteiger charge is 2.29. The molecular formula is C15H23NO3S. The molecule has 0 aliphatic heterocycles. The molecule has 1 aliphatic carbocycles. The number of rotatable bonds is 7. The van der Waals surface area contributed by atoms with Crippen LogP contribution in [0.2, 0.25) is 0 Å². The summed E-state index contributed by atoms with van der Waals surface area (Å²) in [6.45, 7) is 4.08. The Balaban J connectivity index is 2.17. The van der Waals surface area contributed by atoms with Crippen LogP contribution in [0.25, 0.3) is 0 Å². The van der Waals surface area contributed by atoms with Gasteiger partial charge < -0.3 is 5.11 Å². The van der Waals surface area contributed by atoms with Crippen LogP contribution in [0.3, 0.4) is 0 Å². The fraction of sp³-hybridized carbons (Fsp3) is 0.600. The quantitative estimate of drug-likeness (QED) is 0.810. The number of nitrogens with one attached hydrogen (secondary N) is 1. The third-order valence-electron chi connectivity index (χ3n) is 3.36. The van der Waals surface area contributed by atoms with E-state index >= 15 is 0 Å². The first-order valence-electron chi connectivity index (χ1n) is 7.17. The van der Waals surface area contributed by atoms with Gasteiger partial charge in [-0.3, -0.25) is 0 Å². The van der Waals surface area contributed by atoms with Gasteiger partial charge in [0.2, 0.25) is 10.0 Å². The van der Waals surface area contributed by atoms with Gasteiger partial charge in [0, 0.05) is 6.04 Å². The molecule has 0 radical (unpaired) electrons. The lowest BCUT2D eigenvalue weighted by molar-refractivity contribution is 0.148. The summed E-state index contributed by atoms with van der Waals surface area (Å²) < 4.78 is 27.3. The third kappa shape index (κ3) is 4.30. The smallest absolute Gasteiger partial charge is 0.241 e. The van der Waals surface area contributed by atoms with E-state index in [-0.39, 0.29) is 6.04 Å². The Morgan fingerprint density at radius 3 is 2.55 bits per heavy atom. The number of benzene rings is 1. The van der Waals surface area contributed by atoms with Gasteiger partial charge in [-0.1, -0.05) is 32.0 Å². The molecule has 1 atom stereocenters. The standard InChI is InChI=1S/C15H23NO3S/c1-11(2)9-14(17)10-12-5-3-4-6-15(12)20(18,19)16-13-7-8-13/h3-6,11,13-14,16-17H,7-10H2,1-2H3. The molecule has 2 N–H and O–H groups in total. The molecule has 1 aromatic rings. The van der Waals surface area contributed by atoms with Crippen LogP contribution >= 0.6 is 0 Å². The Labute approximate surface area is 121 Å². The van der Waals surface area contributed by atoms with Crippen molar-refractivity contribution < 1.29 is 13.5 Å². The zero-order valence-electron chi connectivity index (χ0n) is 12.0. The molecule has 0 aromatic heterocycles. The average Bonchev–Trinajstić information content (AvgIpc) is 3.11. The van der Waals surface area contributed by atoms with Gasteiger partial charge in [-0.2, -0.15) is 0 Å². The Hall–Kier alpha value is -0.910. The number of hydrogen-bond donors (Lipinski definition) is 2. The van der Waals surface area contributed by atoms with E-state index in [0.29, 0.717) is 29.2 Å². The van der Waals surface area contributed by atoms with E-state index < -0.39 is 16.1 Å². The molecule has 1 unspecified atom stereocenters. The Bertz CT molecular complexity index is 550. The summed E-state index contributed by atoms with van der Waals surface area (Å²) in [5, 5.41) is 10.0. The van der Waals surface area contributed by atoms with Crippen molar-refractivity contribution in [2.24, 2.45) is 5.92 Å². The van der Waals surface area contributed by atoms with Crippen LogP contribution in [0.4, 0.5) is 0 Å². The third-order valence-corrected chi connectivity index (χ3v) is 4.98. The Morgan fingerprint density at radius 1 is 1.30 bits per heavy atom. The second kappa shape index (κ2) is 6.24. The molecule has 1 aromatic carbocycles. The lowest BCUT2D eigenvalue weighted by Crippen LogP contribution is -2.27. The maximum absolute atomic E-state index is 12.3. The molecule has 1 aliphatic rings. The van der Waals surface area contributed by atoms with Gasteiger partial charge >= 0.3 is 0 Å². The van der Waals surface area contributed by atoms with E-state index in [4.69, 9.17) is 0 Å². The van der Waals surface area contributed by atoms with Crippen LogP contribution in [-0.4, -0.2) is 25.7 Å². The summed E-state index contributed by atoms with van der Waals surface area (Å²) in [5.74, 6) is 0.387. The Kier molecular flexibility index (Phi) is 4.83. The van der Waals surface area contributed by atoms with Crippen LogP contribution in [0.5, 0.6) is 0 Å². The van der Waals surface area contributed by atoms with E-state index in [2.05, 4.69) is 4.72 Å². The highest BCUT2D eigenvalue weighted by Crippen LogP contribution is 2.24. The van der Waals surface area contributed by atoms with Crippen molar-refractivity contribution in [1.82, 2.24) is 4.72 Å². The van der Waals surface area contributed by atoms with Crippen molar-refractivity contribution in [1.29, 1.82) is 0 Å². The fourth-order valence-electron chi connectivity index (χ4n) is 2.30. The van der Waals surface area contributed by atoms with Crippen LogP contribution in [-0.2, 0) is 16.4 Å². The zero-order valence-corrected chi connectivity index (χ0v) is 12.9. The van der Waals surface area contributed by atoms with Gasteiger partial charge in [-0.15, -0.1) is 0 Å². The summed E-state index contributed by atoms with van der Waals surface area (Å²) in [7, 11) is -3.46. The molecule has 0 saturated heterocycles. The van der Waals surface area contributed by atoms with E-state index in [1.54, 1.807) is 18.2 Å². The summed E-state index contributed by atoms with van der Waals surface area (Å²) in [5.41, 5.74) is 0.689. The normalized spacial score (nSPS) is 17.4. The van der Waals surface area contributed by atoms with Crippen LogP contribution in [0, 0.1) is 5.92 Å². The van der Waals surface area contributed by atoms with E-state index in [1.807, 2.05) is 19.9 Å². The van der Waals surface area contributed by atoms with Gasteiger partial charge in [-0.05, 0) is 43.2 Å². The summed E-state index contributed by atoms with van der Waals surface area (Å²) in [6.07, 6.45) is 2.37. The van der Waals surface area contributed by atoms with E-state index in [0.717, 1.165) is 12.8 Å². The average molecular weight is 297 g/mol. The molecule has 0 bridgehead atoms. The molecule has 20 heavy (non-hydrogen) atoms. The lowest BCUT2D eigenvalue weighted by atomic mass is 10.00. The molecule has 5 heteroatoms. The van der Waals surface area contributed by atoms with Gasteiger partial charge in [0.1, 0.15) is 0 Å². The van der Waals surface area contributed by atoms with E-state index in [9.17, 15) is 13.5 Å². The van der Waals surface area contributed by atoms with Crippen molar-refractivity contribution in [3.63, 3.8) is 0 Å². The summed E-state index contributed by atoms with van der Waals surface area (Å²) >= 11 is 0. The van der Waals surface area contributed by atoms with Gasteiger partial charge in [0.05, 0.1) is 11.0 Å². The fourth-order valence-corrected chi connectivity index (χ4v) is 3.86. The first-order valence-corrected chi connectivity index (χ1v) is 8.65.